The Bertz CT molecular complexity index is 2480. The molecule has 1 N–H and O–H groups in total. The predicted octanol–water partition coefficient (Wildman–Crippen LogP) is 15.3. The molecule has 2 aliphatic heterocycles. The summed E-state index contributed by atoms with van der Waals surface area (Å²) in [7, 11) is 0. The molecule has 0 fully saturated rings. The van der Waals surface area contributed by atoms with Crippen LogP contribution in [0.3, 0.4) is 0 Å². The molecule has 4 aromatic rings. The highest BCUT2D eigenvalue weighted by molar-refractivity contribution is 7.17. The molecule has 6 rings (SSSR count). The van der Waals surface area contributed by atoms with E-state index in [0.717, 1.165) is 132 Å². The van der Waals surface area contributed by atoms with Gasteiger partial charge in [-0.1, -0.05) is 121 Å². The summed E-state index contributed by atoms with van der Waals surface area (Å²) in [6, 6.07) is 25.7. The van der Waals surface area contributed by atoms with Gasteiger partial charge < -0.3 is 24.6 Å². The number of fused-ring (bicyclic) bond motifs is 1. The molecule has 384 valence electrons. The minimum Gasteiger partial charge on any atom is -0.460 e. The highest BCUT2D eigenvalue weighted by Crippen LogP contribution is 2.50. The second-order valence-electron chi connectivity index (χ2n) is 21.5. The van der Waals surface area contributed by atoms with Crippen LogP contribution in [-0.2, 0) is 36.7 Å². The van der Waals surface area contributed by atoms with Gasteiger partial charge in [0.15, 0.2) is 0 Å². The molecule has 2 atom stereocenters. The number of unbranched alkanes of at least 4 members (excludes halogenated alkanes) is 4. The zero-order chi connectivity index (χ0) is 51.3. The largest absolute Gasteiger partial charge is 0.460 e. The molecule has 2 unspecified atom stereocenters. The fourth-order valence-electron chi connectivity index (χ4n) is 9.50. The number of hydrogen-bond donors (Lipinski definition) is 1. The number of alkyl carbamates (subject to hydrolysis) is 1. The van der Waals surface area contributed by atoms with E-state index in [-0.39, 0.29) is 17.8 Å². The van der Waals surface area contributed by atoms with Crippen LogP contribution in [0.4, 0.5) is 4.79 Å². The van der Waals surface area contributed by atoms with Crippen molar-refractivity contribution in [3.63, 3.8) is 0 Å². The maximum atomic E-state index is 15.4. The number of carbonyl (C=O) groups is 4. The lowest BCUT2D eigenvalue weighted by Gasteiger charge is -2.29. The van der Waals surface area contributed by atoms with E-state index in [4.69, 9.17) is 9.47 Å². The van der Waals surface area contributed by atoms with Gasteiger partial charge in [-0.3, -0.25) is 14.4 Å². The van der Waals surface area contributed by atoms with E-state index in [9.17, 15) is 9.59 Å². The lowest BCUT2D eigenvalue weighted by Crippen LogP contribution is -2.34. The molecule has 2 aliphatic rings. The van der Waals surface area contributed by atoms with E-state index >= 15 is 9.59 Å². The van der Waals surface area contributed by atoms with E-state index in [2.05, 4.69) is 106 Å². The lowest BCUT2D eigenvalue weighted by molar-refractivity contribution is -0.155. The first-order valence-corrected chi connectivity index (χ1v) is 28.3. The Labute approximate surface area is 433 Å². The summed E-state index contributed by atoms with van der Waals surface area (Å²) in [4.78, 5) is 63.1. The van der Waals surface area contributed by atoms with Crippen LogP contribution in [0, 0.1) is 11.8 Å². The fraction of sp³-hybridized carbons (Fsp3) is 0.533. The van der Waals surface area contributed by atoms with E-state index in [1.54, 1.807) is 22.7 Å². The van der Waals surface area contributed by atoms with E-state index in [1.807, 2.05) is 51.3 Å². The second kappa shape index (κ2) is 25.6. The first-order valence-electron chi connectivity index (χ1n) is 26.6. The van der Waals surface area contributed by atoms with Crippen LogP contribution in [0.15, 0.2) is 83.9 Å². The van der Waals surface area contributed by atoms with E-state index in [0.29, 0.717) is 49.0 Å². The lowest BCUT2D eigenvalue weighted by atomic mass is 9.97. The molecular weight excluding hydrogens is 923 g/mol. The number of nitrogens with one attached hydrogen (secondary N) is 1. The van der Waals surface area contributed by atoms with Crippen LogP contribution in [0.5, 0.6) is 0 Å². The summed E-state index contributed by atoms with van der Waals surface area (Å²) in [5.41, 5.74) is 6.20. The summed E-state index contributed by atoms with van der Waals surface area (Å²) in [6.07, 6.45) is 13.8. The van der Waals surface area contributed by atoms with Crippen molar-refractivity contribution in [2.45, 2.75) is 177 Å². The summed E-state index contributed by atoms with van der Waals surface area (Å²) >= 11 is 3.30. The molecule has 2 aromatic carbocycles. The highest BCUT2D eigenvalue weighted by Gasteiger charge is 2.50. The number of carbonyl (C=O) groups excluding carboxylic acids is 4. The standard InChI is InChI=1S/C60H81N3O6S2/c1-11-15-17-22-42(14-4)40-63-55(50-37-35-48(71-50)46-32-28-44(29-33-46)24-20-38-61-58(67)69-60(8,9)10)53-52(57(63)66)54(62(56(53)65)39-41(13-3)21-16-12-2)49-36-34-47(70-49)45-30-26-43(27-31-45)23-18-19-25-51(64)68-59(5,6)7/h26-37,41-42H,11-25,38-40H2,1-10H3,(H,61,67). The highest BCUT2D eigenvalue weighted by atomic mass is 32.1. The molecule has 0 radical (unpaired) electrons. The molecule has 2 aromatic heterocycles. The quantitative estimate of drug-likeness (QED) is 0.0496. The zero-order valence-corrected chi connectivity index (χ0v) is 46.1. The second-order valence-corrected chi connectivity index (χ2v) is 23.7. The molecule has 0 saturated heterocycles. The van der Waals surface area contributed by atoms with Crippen LogP contribution in [-0.4, -0.2) is 64.5 Å². The minimum absolute atomic E-state index is 0.0668. The van der Waals surface area contributed by atoms with Gasteiger partial charge in [0.2, 0.25) is 0 Å². The van der Waals surface area contributed by atoms with E-state index < -0.39 is 17.3 Å². The molecule has 71 heavy (non-hydrogen) atoms. The summed E-state index contributed by atoms with van der Waals surface area (Å²) in [6.45, 7) is 21.8. The summed E-state index contributed by atoms with van der Waals surface area (Å²) in [5.74, 6) is 0.328. The molecule has 3 amide bonds. The monoisotopic (exact) mass is 1000 g/mol. The van der Waals surface area contributed by atoms with Gasteiger partial charge in [0.1, 0.15) is 11.2 Å². The molecule has 0 spiro atoms. The van der Waals surface area contributed by atoms with Crippen molar-refractivity contribution in [2.75, 3.05) is 19.6 Å². The SMILES string of the molecule is CCCCCC(CC)CN1C(=O)C2=C(c3ccc(-c4ccc(CCCCC(=O)OC(C)(C)C)cc4)s3)N(CC(CC)CCCC)C(=O)C2=C1c1ccc(-c2ccc(CCCNC(=O)OC(C)(C)C)cc2)s1. The van der Waals surface area contributed by atoms with Gasteiger partial charge in [-0.15, -0.1) is 22.7 Å². The molecule has 11 heteroatoms. The zero-order valence-electron chi connectivity index (χ0n) is 44.5. The number of rotatable bonds is 26. The Morgan fingerprint density at radius 3 is 1.45 bits per heavy atom. The first-order chi connectivity index (χ1) is 33.9. The van der Waals surface area contributed by atoms with Crippen LogP contribution < -0.4 is 5.32 Å². The average molecular weight is 1000 g/mol. The van der Waals surface area contributed by atoms with Crippen molar-refractivity contribution in [1.82, 2.24) is 15.1 Å². The van der Waals surface area contributed by atoms with Crippen molar-refractivity contribution in [1.29, 1.82) is 0 Å². The third-order valence-corrected chi connectivity index (χ3v) is 15.7. The molecule has 0 aliphatic carbocycles. The van der Waals surface area contributed by atoms with Gasteiger partial charge >= 0.3 is 12.1 Å². The molecule has 4 heterocycles. The third-order valence-electron chi connectivity index (χ3n) is 13.4. The maximum absolute atomic E-state index is 15.4. The molecule has 0 saturated carbocycles. The molecule has 0 bridgehead atoms. The van der Waals surface area contributed by atoms with Crippen molar-refractivity contribution >= 4 is 57.9 Å². The predicted molar refractivity (Wildman–Crippen MR) is 294 cm³/mol. The van der Waals surface area contributed by atoms with Crippen molar-refractivity contribution in [3.8, 4) is 20.9 Å². The van der Waals surface area contributed by atoms with Crippen LogP contribution in [0.1, 0.15) is 174 Å². The van der Waals surface area contributed by atoms with Gasteiger partial charge in [-0.2, -0.15) is 0 Å². The fourth-order valence-corrected chi connectivity index (χ4v) is 11.6. The first kappa shape index (κ1) is 55.3. The Balaban J connectivity index is 1.31. The van der Waals surface area contributed by atoms with Gasteiger partial charge in [-0.25, -0.2) is 4.79 Å². The number of ether oxygens (including phenoxy) is 2. The number of hydrogen-bond acceptors (Lipinski definition) is 8. The average Bonchev–Trinajstić information content (AvgIpc) is 4.12. The molecular formula is C60H81N3O6S2. The van der Waals surface area contributed by atoms with Crippen molar-refractivity contribution in [3.05, 3.63) is 105 Å². The molecule has 9 nitrogen and oxygen atoms in total. The van der Waals surface area contributed by atoms with Crippen LogP contribution in [0.2, 0.25) is 0 Å². The third kappa shape index (κ3) is 15.3. The number of amides is 3. The van der Waals surface area contributed by atoms with Gasteiger partial charge in [-0.05, 0) is 145 Å². The van der Waals surface area contributed by atoms with Crippen molar-refractivity contribution < 1.29 is 28.7 Å². The number of benzene rings is 2. The Hall–Kier alpha value is -5.00. The summed E-state index contributed by atoms with van der Waals surface area (Å²) in [5, 5.41) is 2.86. The maximum Gasteiger partial charge on any atom is 0.407 e. The number of nitrogens with zero attached hydrogens (tertiary/aromatic N) is 2. The number of thiophene rings is 2. The minimum atomic E-state index is -0.531. The van der Waals surface area contributed by atoms with Crippen LogP contribution >= 0.6 is 22.7 Å². The number of esters is 1. The van der Waals surface area contributed by atoms with Gasteiger partial charge in [0.05, 0.1) is 32.3 Å². The Kier molecular flexibility index (Phi) is 19.9. The van der Waals surface area contributed by atoms with Gasteiger partial charge in [0, 0.05) is 35.8 Å². The normalized spacial score (nSPS) is 15.0. The smallest absolute Gasteiger partial charge is 0.407 e. The van der Waals surface area contributed by atoms with Gasteiger partial charge in [0.25, 0.3) is 11.8 Å². The van der Waals surface area contributed by atoms with E-state index in [1.165, 1.54) is 11.1 Å². The number of aryl methyl sites for hydroxylation is 2. The Morgan fingerprint density at radius 2 is 1.00 bits per heavy atom. The topological polar surface area (TPSA) is 105 Å². The summed E-state index contributed by atoms with van der Waals surface area (Å²) < 4.78 is 10.9. The van der Waals surface area contributed by atoms with Crippen LogP contribution in [0.25, 0.3) is 32.3 Å². The van der Waals surface area contributed by atoms with Crippen molar-refractivity contribution in [2.24, 2.45) is 11.8 Å². The Morgan fingerprint density at radius 1 is 0.549 bits per heavy atom.